The zero-order valence-corrected chi connectivity index (χ0v) is 21.8. The van der Waals surface area contributed by atoms with Gasteiger partial charge in [-0.05, 0) is 30.0 Å². The van der Waals surface area contributed by atoms with Crippen LogP contribution in [0, 0.1) is 5.92 Å². The molecule has 3 aromatic heterocycles. The molecule has 1 saturated heterocycles. The highest BCUT2D eigenvalue weighted by atomic mass is 16.5. The second-order valence-corrected chi connectivity index (χ2v) is 10.6. The Kier molecular flexibility index (Phi) is 6.53. The molecule has 2 aliphatic rings. The van der Waals surface area contributed by atoms with Gasteiger partial charge < -0.3 is 19.9 Å². The number of aryl methyl sites for hydroxylation is 1. The van der Waals surface area contributed by atoms with Crippen LogP contribution in [0.4, 0.5) is 5.95 Å². The molecule has 0 amide bonds. The first-order valence-electron chi connectivity index (χ1n) is 13.4. The van der Waals surface area contributed by atoms with E-state index in [1.807, 2.05) is 44.4 Å². The Labute approximate surface area is 222 Å². The van der Waals surface area contributed by atoms with E-state index in [1.165, 1.54) is 5.56 Å². The molecule has 9 heteroatoms. The number of carbonyl (C=O) groups is 1. The van der Waals surface area contributed by atoms with Crippen LogP contribution in [-0.2, 0) is 16.0 Å². The van der Waals surface area contributed by atoms with E-state index in [0.29, 0.717) is 5.95 Å². The molecular formula is C29H33N7O2. The normalized spacial score (nSPS) is 18.6. The van der Waals surface area contributed by atoms with Gasteiger partial charge in [0, 0.05) is 50.3 Å². The lowest BCUT2D eigenvalue weighted by molar-refractivity contribution is -0.152. The maximum atomic E-state index is 12.2. The van der Waals surface area contributed by atoms with Crippen molar-refractivity contribution in [2.45, 2.75) is 57.7 Å². The highest BCUT2D eigenvalue weighted by Gasteiger charge is 2.29. The summed E-state index contributed by atoms with van der Waals surface area (Å²) in [5.41, 5.74) is 10.7. The fourth-order valence-electron chi connectivity index (χ4n) is 5.38. The maximum absolute atomic E-state index is 12.2. The second kappa shape index (κ2) is 10.1. The van der Waals surface area contributed by atoms with Crippen molar-refractivity contribution in [3.05, 3.63) is 66.2 Å². The van der Waals surface area contributed by atoms with Crippen LogP contribution < -0.4 is 10.6 Å². The highest BCUT2D eigenvalue weighted by Crippen LogP contribution is 2.35. The lowest BCUT2D eigenvalue weighted by Gasteiger charge is -2.32. The zero-order valence-electron chi connectivity index (χ0n) is 21.8. The van der Waals surface area contributed by atoms with Gasteiger partial charge in [-0.2, -0.15) is 0 Å². The topological polar surface area (TPSA) is 112 Å². The van der Waals surface area contributed by atoms with Gasteiger partial charge in [-0.3, -0.25) is 4.79 Å². The van der Waals surface area contributed by atoms with E-state index >= 15 is 0 Å². The molecule has 0 bridgehead atoms. The summed E-state index contributed by atoms with van der Waals surface area (Å²) in [6.07, 6.45) is 7.00. The summed E-state index contributed by atoms with van der Waals surface area (Å²) in [5.74, 6) is 1.51. The maximum Gasteiger partial charge on any atom is 0.323 e. The van der Waals surface area contributed by atoms with Gasteiger partial charge in [-0.25, -0.2) is 19.9 Å². The molecule has 2 N–H and O–H groups in total. The molecule has 9 nitrogen and oxygen atoms in total. The Bertz CT molecular complexity index is 1430. The summed E-state index contributed by atoms with van der Waals surface area (Å²) in [6, 6.07) is 14.3. The number of nitrogens with two attached hydrogens (primary N) is 1. The Morgan fingerprint density at radius 2 is 1.74 bits per heavy atom. The average Bonchev–Trinajstić information content (AvgIpc) is 3.53. The van der Waals surface area contributed by atoms with Crippen molar-refractivity contribution < 1.29 is 9.53 Å². The number of benzene rings is 1. The van der Waals surface area contributed by atoms with Crippen LogP contribution in [0.25, 0.3) is 22.4 Å². The van der Waals surface area contributed by atoms with E-state index in [9.17, 15) is 4.79 Å². The smallest absolute Gasteiger partial charge is 0.323 e. The Morgan fingerprint density at radius 1 is 1.00 bits per heavy atom. The number of hydrogen-bond donors (Lipinski definition) is 1. The lowest BCUT2D eigenvalue weighted by atomic mass is 10.0. The molecule has 0 spiro atoms. The van der Waals surface area contributed by atoms with E-state index in [0.717, 1.165) is 67.0 Å². The molecule has 196 valence electrons. The van der Waals surface area contributed by atoms with E-state index in [1.54, 1.807) is 0 Å². The van der Waals surface area contributed by atoms with Crippen molar-refractivity contribution in [3.63, 3.8) is 0 Å². The number of nitrogens with zero attached hydrogens (tertiary/aromatic N) is 6. The average molecular weight is 512 g/mol. The van der Waals surface area contributed by atoms with Gasteiger partial charge in [-0.15, -0.1) is 0 Å². The molecule has 1 fully saturated rings. The van der Waals surface area contributed by atoms with Gasteiger partial charge in [0.05, 0.1) is 11.7 Å². The highest BCUT2D eigenvalue weighted by molar-refractivity contribution is 5.77. The van der Waals surface area contributed by atoms with Gasteiger partial charge in [0.25, 0.3) is 0 Å². The number of hydrogen-bond acceptors (Lipinski definition) is 8. The van der Waals surface area contributed by atoms with E-state index in [2.05, 4.69) is 43.7 Å². The number of anilines is 1. The number of piperidine rings is 1. The summed E-state index contributed by atoms with van der Waals surface area (Å²) in [4.78, 5) is 33.5. The predicted octanol–water partition coefficient (Wildman–Crippen LogP) is 3.92. The van der Waals surface area contributed by atoms with Crippen molar-refractivity contribution in [2.75, 3.05) is 18.0 Å². The van der Waals surface area contributed by atoms with Gasteiger partial charge in [0.15, 0.2) is 5.65 Å². The third-order valence-electron chi connectivity index (χ3n) is 7.68. The first kappa shape index (κ1) is 24.5. The minimum Gasteiger partial charge on any atom is -0.461 e. The Balaban J connectivity index is 1.16. The number of rotatable bonds is 6. The zero-order chi connectivity index (χ0) is 26.2. The number of ether oxygens (including phenoxy) is 1. The first-order chi connectivity index (χ1) is 18.5. The first-order valence-corrected chi connectivity index (χ1v) is 13.4. The number of aromatic nitrogens is 5. The van der Waals surface area contributed by atoms with Crippen molar-refractivity contribution >= 4 is 23.1 Å². The van der Waals surface area contributed by atoms with Crippen LogP contribution in [-0.4, -0.2) is 55.7 Å². The molecule has 2 atom stereocenters. The monoisotopic (exact) mass is 511 g/mol. The minimum absolute atomic E-state index is 0.0601. The second-order valence-electron chi connectivity index (χ2n) is 10.6. The molecule has 38 heavy (non-hydrogen) atoms. The van der Waals surface area contributed by atoms with Gasteiger partial charge in [-0.1, -0.05) is 44.2 Å². The standard InChI is InChI=1S/C29H33N7O2/c1-18(2)26(30)28(37)38-21-12-14-35(15-13-21)29-31-16-20(17-32-29)22-8-9-23-27(34-22)36-24(10-11-25(36)33-23)19-6-4-3-5-7-19/h3-9,16-18,21,24,26H,10-15,30H2,1-2H3/t24-,26+/m1/s1. The molecular weight excluding hydrogens is 478 g/mol. The lowest BCUT2D eigenvalue weighted by Crippen LogP contribution is -2.43. The summed E-state index contributed by atoms with van der Waals surface area (Å²) < 4.78 is 7.91. The molecule has 2 aliphatic heterocycles. The van der Waals surface area contributed by atoms with Crippen LogP contribution in [0.2, 0.25) is 0 Å². The van der Waals surface area contributed by atoms with Crippen LogP contribution in [0.5, 0.6) is 0 Å². The molecule has 0 radical (unpaired) electrons. The quantitative estimate of drug-likeness (QED) is 0.388. The largest absolute Gasteiger partial charge is 0.461 e. The number of carbonyl (C=O) groups excluding carboxylic acids is 1. The molecule has 6 rings (SSSR count). The molecule has 0 aliphatic carbocycles. The molecule has 4 aromatic rings. The number of pyridine rings is 1. The fourth-order valence-corrected chi connectivity index (χ4v) is 5.38. The third-order valence-corrected chi connectivity index (χ3v) is 7.68. The molecule has 1 aromatic carbocycles. The van der Waals surface area contributed by atoms with Gasteiger partial charge in [0.1, 0.15) is 23.5 Å². The Morgan fingerprint density at radius 3 is 2.45 bits per heavy atom. The summed E-state index contributed by atoms with van der Waals surface area (Å²) in [6.45, 7) is 5.29. The van der Waals surface area contributed by atoms with Crippen LogP contribution >= 0.6 is 0 Å². The number of imidazole rings is 1. The van der Waals surface area contributed by atoms with Crippen molar-refractivity contribution in [1.29, 1.82) is 0 Å². The van der Waals surface area contributed by atoms with E-state index in [4.69, 9.17) is 20.4 Å². The van der Waals surface area contributed by atoms with Crippen LogP contribution in [0.3, 0.4) is 0 Å². The van der Waals surface area contributed by atoms with Crippen molar-refractivity contribution in [3.8, 4) is 11.3 Å². The number of esters is 1. The van der Waals surface area contributed by atoms with Crippen molar-refractivity contribution in [1.82, 2.24) is 24.5 Å². The van der Waals surface area contributed by atoms with Crippen LogP contribution in [0.15, 0.2) is 54.9 Å². The summed E-state index contributed by atoms with van der Waals surface area (Å²) >= 11 is 0. The van der Waals surface area contributed by atoms with E-state index in [-0.39, 0.29) is 24.0 Å². The third kappa shape index (κ3) is 4.62. The minimum atomic E-state index is -0.579. The Hall–Kier alpha value is -3.85. The van der Waals surface area contributed by atoms with Gasteiger partial charge >= 0.3 is 5.97 Å². The summed E-state index contributed by atoms with van der Waals surface area (Å²) in [5, 5.41) is 0. The number of fused-ring (bicyclic) bond motifs is 3. The predicted molar refractivity (Wildman–Crippen MR) is 146 cm³/mol. The van der Waals surface area contributed by atoms with Gasteiger partial charge in [0.2, 0.25) is 5.95 Å². The van der Waals surface area contributed by atoms with E-state index < -0.39 is 6.04 Å². The van der Waals surface area contributed by atoms with Crippen molar-refractivity contribution in [2.24, 2.45) is 11.7 Å². The summed E-state index contributed by atoms with van der Waals surface area (Å²) in [7, 11) is 0. The molecule has 0 saturated carbocycles. The van der Waals surface area contributed by atoms with Crippen LogP contribution in [0.1, 0.15) is 50.5 Å². The fraction of sp³-hybridized carbons (Fsp3) is 0.414. The SMILES string of the molecule is CC(C)[C@H](N)C(=O)OC1CCN(c2ncc(-c3ccc4nc5n(c4n3)[C@@H](c3ccccc3)CC5)cn2)CC1. The molecule has 0 unspecified atom stereocenters. The molecule has 5 heterocycles.